The molecule has 0 bridgehead atoms. The van der Waals surface area contributed by atoms with Crippen molar-refractivity contribution in [3.8, 4) is 22.9 Å². The molecule has 1 aromatic carbocycles. The Balaban J connectivity index is 1.13. The number of aliphatic carboxylic acids is 1. The molecule has 3 unspecified atom stereocenters. The number of pyridine rings is 1. The van der Waals surface area contributed by atoms with Crippen LogP contribution in [0.4, 0.5) is 5.95 Å². The van der Waals surface area contributed by atoms with Crippen LogP contribution in [-0.2, 0) is 21.4 Å². The molecule has 1 saturated carbocycles. The van der Waals surface area contributed by atoms with Crippen LogP contribution in [-0.4, -0.2) is 102 Å². The summed E-state index contributed by atoms with van der Waals surface area (Å²) in [5.74, 6) is 0.738. The maximum atomic E-state index is 12.4. The molecule has 3 aromatic rings. The summed E-state index contributed by atoms with van der Waals surface area (Å²) in [6, 6.07) is 9.23. The monoisotopic (exact) mass is 717 g/mol. The maximum absolute atomic E-state index is 12.4. The molecule has 2 aromatic heterocycles. The van der Waals surface area contributed by atoms with Gasteiger partial charge in [-0.2, -0.15) is 0 Å². The van der Waals surface area contributed by atoms with Crippen LogP contribution >= 0.6 is 23.2 Å². The summed E-state index contributed by atoms with van der Waals surface area (Å²) in [4.78, 5) is 31.8. The van der Waals surface area contributed by atoms with E-state index in [0.29, 0.717) is 46.3 Å². The molecule has 2 aliphatic heterocycles. The summed E-state index contributed by atoms with van der Waals surface area (Å²) >= 11 is 12.7. The van der Waals surface area contributed by atoms with Crippen molar-refractivity contribution in [3.05, 3.63) is 58.3 Å². The average molecular weight is 719 g/mol. The van der Waals surface area contributed by atoms with Gasteiger partial charge in [-0.15, -0.1) is 0 Å². The number of halogens is 2. The van der Waals surface area contributed by atoms with E-state index >= 15 is 0 Å². The molecular formula is C33H41Cl2N7O5S. The van der Waals surface area contributed by atoms with Crippen LogP contribution in [0, 0.1) is 17.8 Å². The number of nitrogens with zero attached hydrogens (tertiary/aromatic N) is 6. The molecule has 12 nitrogen and oxygen atoms in total. The summed E-state index contributed by atoms with van der Waals surface area (Å²) in [6.07, 6.45) is 5.59. The number of carboxylic acid groups (broad SMARTS) is 1. The fourth-order valence-electron chi connectivity index (χ4n) is 6.82. The number of piperazine rings is 1. The number of fused-ring (bicyclic) bond motifs is 1. The Morgan fingerprint density at radius 1 is 0.979 bits per heavy atom. The van der Waals surface area contributed by atoms with Crippen molar-refractivity contribution in [1.29, 1.82) is 0 Å². The van der Waals surface area contributed by atoms with Crippen molar-refractivity contribution in [2.24, 2.45) is 17.8 Å². The first-order valence-corrected chi connectivity index (χ1v) is 18.6. The lowest BCUT2D eigenvalue weighted by Gasteiger charge is -2.34. The number of likely N-dealkylation sites (tertiary alicyclic amines) is 1. The van der Waals surface area contributed by atoms with Crippen molar-refractivity contribution in [1.82, 2.24) is 29.5 Å². The van der Waals surface area contributed by atoms with E-state index < -0.39 is 16.0 Å². The van der Waals surface area contributed by atoms with E-state index in [-0.39, 0.29) is 23.0 Å². The minimum atomic E-state index is -3.24. The predicted octanol–water partition coefficient (Wildman–Crippen LogP) is 4.63. The van der Waals surface area contributed by atoms with Crippen LogP contribution in [0.15, 0.2) is 42.7 Å². The minimum absolute atomic E-state index is 0.201. The third-order valence-electron chi connectivity index (χ3n) is 9.67. The normalized spacial score (nSPS) is 22.5. The number of nitrogens with one attached hydrogen (secondary N) is 1. The lowest BCUT2D eigenvalue weighted by molar-refractivity contribution is -0.141. The standard InChI is InChI=1S/C33H41Cl2N7O5S/c1-21(32(43)44)3-6-40-9-11-42(12-10-40)33-37-18-26(19-38-33)47-30-14-22(13-29(39-30)23-15-24(34)17-25(35)16-23)20-41-7-4-27-28(5-8-41)31(27)48(45,46)36-2/h13-19,21,27-28,31,36H,3-12,20H2,1-2H3,(H,43,44). The molecule has 1 aliphatic carbocycles. The Labute approximate surface area is 291 Å². The van der Waals surface area contributed by atoms with Gasteiger partial charge in [0.05, 0.1) is 29.3 Å². The summed E-state index contributed by atoms with van der Waals surface area (Å²) in [6.45, 7) is 7.89. The third-order valence-corrected chi connectivity index (χ3v) is 12.1. The topological polar surface area (TPSA) is 141 Å². The fraction of sp³-hybridized carbons (Fsp3) is 0.515. The molecule has 4 heterocycles. The predicted molar refractivity (Wildman–Crippen MR) is 185 cm³/mol. The van der Waals surface area contributed by atoms with Crippen molar-refractivity contribution >= 4 is 45.1 Å². The van der Waals surface area contributed by atoms with Gasteiger partial charge >= 0.3 is 5.97 Å². The zero-order valence-electron chi connectivity index (χ0n) is 27.1. The second-order valence-electron chi connectivity index (χ2n) is 12.9. The zero-order valence-corrected chi connectivity index (χ0v) is 29.4. The summed E-state index contributed by atoms with van der Waals surface area (Å²) in [5.41, 5.74) is 2.42. The van der Waals surface area contributed by atoms with E-state index in [1.807, 2.05) is 24.3 Å². The highest BCUT2D eigenvalue weighted by Crippen LogP contribution is 2.50. The van der Waals surface area contributed by atoms with Gasteiger partial charge < -0.3 is 14.7 Å². The van der Waals surface area contributed by atoms with Gasteiger partial charge in [-0.05, 0) is 87.6 Å². The molecular weight excluding hydrogens is 677 g/mol. The summed E-state index contributed by atoms with van der Waals surface area (Å²) in [5, 5.41) is 9.88. The molecule has 0 amide bonds. The summed E-state index contributed by atoms with van der Waals surface area (Å²) in [7, 11) is -1.75. The highest BCUT2D eigenvalue weighted by Gasteiger charge is 2.57. The number of anilines is 1. The number of hydrogen-bond acceptors (Lipinski definition) is 10. The Morgan fingerprint density at radius 3 is 2.23 bits per heavy atom. The Morgan fingerprint density at radius 2 is 1.62 bits per heavy atom. The molecule has 3 fully saturated rings. The number of ether oxygens (including phenoxy) is 1. The molecule has 258 valence electrons. The molecule has 2 N–H and O–H groups in total. The number of sulfonamides is 1. The average Bonchev–Trinajstić information content (AvgIpc) is 3.81. The molecule has 3 aliphatic rings. The molecule has 48 heavy (non-hydrogen) atoms. The number of aromatic nitrogens is 3. The van der Waals surface area contributed by atoms with Crippen molar-refractivity contribution in [3.63, 3.8) is 0 Å². The van der Waals surface area contributed by atoms with E-state index in [9.17, 15) is 13.2 Å². The first-order chi connectivity index (χ1) is 23.0. The van der Waals surface area contributed by atoms with Gasteiger partial charge in [-0.1, -0.05) is 30.1 Å². The number of hydrogen-bond donors (Lipinski definition) is 2. The van der Waals surface area contributed by atoms with Crippen molar-refractivity contribution in [2.45, 2.75) is 38.0 Å². The first-order valence-electron chi connectivity index (χ1n) is 16.3. The van der Waals surface area contributed by atoms with Crippen LogP contribution in [0.3, 0.4) is 0 Å². The first kappa shape index (κ1) is 34.8. The molecule has 3 atom stereocenters. The largest absolute Gasteiger partial charge is 0.481 e. The molecule has 15 heteroatoms. The van der Waals surface area contributed by atoms with Crippen molar-refractivity contribution in [2.75, 3.05) is 57.8 Å². The smallest absolute Gasteiger partial charge is 0.306 e. The fourth-order valence-corrected chi connectivity index (χ4v) is 9.13. The summed E-state index contributed by atoms with van der Waals surface area (Å²) < 4.78 is 33.5. The Bertz CT molecular complexity index is 1690. The Kier molecular flexibility index (Phi) is 10.7. The van der Waals surface area contributed by atoms with Gasteiger partial charge in [-0.3, -0.25) is 14.6 Å². The molecule has 0 spiro atoms. The zero-order chi connectivity index (χ0) is 34.0. The SMILES string of the molecule is CNS(=O)(=O)C1C2CCN(Cc3cc(Oc4cnc(N5CCN(CCC(C)C(=O)O)CC5)nc4)nc(-c4cc(Cl)cc(Cl)c4)c3)CCC21. The Hall–Kier alpha value is -3.07. The lowest BCUT2D eigenvalue weighted by atomic mass is 10.1. The van der Waals surface area contributed by atoms with E-state index in [1.165, 1.54) is 7.05 Å². The van der Waals surface area contributed by atoms with Crippen LogP contribution in [0.1, 0.15) is 31.7 Å². The molecule has 0 radical (unpaired) electrons. The van der Waals surface area contributed by atoms with Crippen LogP contribution < -0.4 is 14.4 Å². The second-order valence-corrected chi connectivity index (χ2v) is 15.8. The molecule has 2 saturated heterocycles. The lowest BCUT2D eigenvalue weighted by Crippen LogP contribution is -2.47. The third kappa shape index (κ3) is 8.38. The van der Waals surface area contributed by atoms with Crippen molar-refractivity contribution < 1.29 is 23.1 Å². The molecule has 6 rings (SSSR count). The van der Waals surface area contributed by atoms with E-state index in [1.54, 1.807) is 25.4 Å². The van der Waals surface area contributed by atoms with Gasteiger partial charge in [0.15, 0.2) is 5.75 Å². The van der Waals surface area contributed by atoms with E-state index in [0.717, 1.165) is 69.8 Å². The minimum Gasteiger partial charge on any atom is -0.481 e. The van der Waals surface area contributed by atoms with Crippen LogP contribution in [0.2, 0.25) is 10.0 Å². The number of benzene rings is 1. The van der Waals surface area contributed by atoms with Gasteiger partial charge in [0, 0.05) is 54.4 Å². The van der Waals surface area contributed by atoms with Gasteiger partial charge in [0.1, 0.15) is 0 Å². The van der Waals surface area contributed by atoms with E-state index in [2.05, 4.69) is 29.4 Å². The number of rotatable bonds is 12. The number of carbonyl (C=O) groups is 1. The second kappa shape index (κ2) is 14.8. The quantitative estimate of drug-likeness (QED) is 0.271. The highest BCUT2D eigenvalue weighted by molar-refractivity contribution is 7.90. The maximum Gasteiger partial charge on any atom is 0.306 e. The van der Waals surface area contributed by atoms with Gasteiger partial charge in [0.25, 0.3) is 0 Å². The highest BCUT2D eigenvalue weighted by atomic mass is 35.5. The van der Waals surface area contributed by atoms with Gasteiger partial charge in [-0.25, -0.2) is 28.1 Å². The van der Waals surface area contributed by atoms with E-state index in [4.69, 9.17) is 38.0 Å². The van der Waals surface area contributed by atoms with Gasteiger partial charge in [0.2, 0.25) is 21.9 Å². The number of carboxylic acids is 1. The van der Waals surface area contributed by atoms with Crippen LogP contribution in [0.25, 0.3) is 11.3 Å². The van der Waals surface area contributed by atoms with Crippen LogP contribution in [0.5, 0.6) is 11.6 Å².